The molecule has 0 aliphatic heterocycles. The predicted molar refractivity (Wildman–Crippen MR) is 79.5 cm³/mol. The van der Waals surface area contributed by atoms with Gasteiger partial charge in [0.05, 0.1) is 5.69 Å². The first-order chi connectivity index (χ1) is 10.1. The van der Waals surface area contributed by atoms with E-state index in [4.69, 9.17) is 22.6 Å². The fourth-order valence-corrected chi connectivity index (χ4v) is 1.89. The molecule has 0 bridgehead atoms. The van der Waals surface area contributed by atoms with Crippen LogP contribution in [0.5, 0.6) is 0 Å². The molecule has 0 atom stereocenters. The number of halogens is 2. The summed E-state index contributed by atoms with van der Waals surface area (Å²) in [6.07, 6.45) is 0. The Labute approximate surface area is 125 Å². The van der Waals surface area contributed by atoms with Gasteiger partial charge in [0, 0.05) is 19.2 Å². The summed E-state index contributed by atoms with van der Waals surface area (Å²) in [5.41, 5.74) is 5.91. The van der Waals surface area contributed by atoms with E-state index in [0.29, 0.717) is 24.6 Å². The quantitative estimate of drug-likeness (QED) is 0.579. The lowest BCUT2D eigenvalue weighted by Gasteiger charge is -2.10. The van der Waals surface area contributed by atoms with Crippen LogP contribution in [0.1, 0.15) is 5.56 Å². The number of nitrogen functional groups attached to an aromatic ring is 1. The maximum atomic E-state index is 13.4. The number of nitriles is 1. The normalized spacial score (nSPS) is 9.95. The van der Waals surface area contributed by atoms with Gasteiger partial charge in [0.2, 0.25) is 5.95 Å². The van der Waals surface area contributed by atoms with Gasteiger partial charge in [-0.05, 0) is 12.1 Å². The molecule has 0 radical (unpaired) electrons. The van der Waals surface area contributed by atoms with Crippen molar-refractivity contribution >= 4 is 29.1 Å². The first kappa shape index (κ1) is 14.8. The SMILES string of the molecule is N#Cc1c(F)cccc1NCCNc1cc(Cl)nc(N)n1. The molecule has 2 aromatic rings. The molecule has 0 unspecified atom stereocenters. The molecule has 1 aromatic carbocycles. The van der Waals surface area contributed by atoms with Crippen LogP contribution < -0.4 is 16.4 Å². The molecule has 0 aliphatic rings. The highest BCUT2D eigenvalue weighted by atomic mass is 35.5. The molecule has 0 fully saturated rings. The zero-order valence-electron chi connectivity index (χ0n) is 10.9. The number of rotatable bonds is 5. The van der Waals surface area contributed by atoms with Crippen LogP contribution in [-0.4, -0.2) is 23.1 Å². The van der Waals surface area contributed by atoms with E-state index in [1.807, 2.05) is 6.07 Å². The molecule has 2 rings (SSSR count). The second-order valence-electron chi connectivity index (χ2n) is 4.06. The molecule has 21 heavy (non-hydrogen) atoms. The molecular weight excluding hydrogens is 295 g/mol. The minimum absolute atomic E-state index is 0.00757. The maximum absolute atomic E-state index is 13.4. The van der Waals surface area contributed by atoms with Gasteiger partial charge in [-0.25, -0.2) is 9.37 Å². The van der Waals surface area contributed by atoms with Crippen molar-refractivity contribution in [1.29, 1.82) is 5.26 Å². The van der Waals surface area contributed by atoms with Crippen molar-refractivity contribution < 1.29 is 4.39 Å². The van der Waals surface area contributed by atoms with Crippen molar-refractivity contribution in [3.05, 3.63) is 40.8 Å². The summed E-state index contributed by atoms with van der Waals surface area (Å²) in [5.74, 6) is 0.0229. The molecule has 0 saturated carbocycles. The van der Waals surface area contributed by atoms with E-state index in [9.17, 15) is 4.39 Å². The zero-order valence-corrected chi connectivity index (χ0v) is 11.7. The van der Waals surface area contributed by atoms with E-state index in [1.54, 1.807) is 12.1 Å². The predicted octanol–water partition coefficient (Wildman–Crippen LogP) is 2.25. The van der Waals surface area contributed by atoms with Gasteiger partial charge in [-0.3, -0.25) is 0 Å². The van der Waals surface area contributed by atoms with E-state index < -0.39 is 5.82 Å². The molecule has 0 saturated heterocycles. The highest BCUT2D eigenvalue weighted by molar-refractivity contribution is 6.29. The Morgan fingerprint density at radius 3 is 2.76 bits per heavy atom. The average Bonchev–Trinajstić information content (AvgIpc) is 2.43. The first-order valence-electron chi connectivity index (χ1n) is 6.06. The van der Waals surface area contributed by atoms with Crippen LogP contribution in [0.3, 0.4) is 0 Å². The summed E-state index contributed by atoms with van der Waals surface area (Å²) in [6, 6.07) is 7.79. The second kappa shape index (κ2) is 6.72. The summed E-state index contributed by atoms with van der Waals surface area (Å²) in [4.78, 5) is 7.70. The Kier molecular flexibility index (Phi) is 4.74. The number of nitrogens with one attached hydrogen (secondary N) is 2. The van der Waals surface area contributed by atoms with Crippen LogP contribution in [0.2, 0.25) is 5.15 Å². The number of benzene rings is 1. The van der Waals surface area contributed by atoms with Crippen LogP contribution in [0, 0.1) is 17.1 Å². The summed E-state index contributed by atoms with van der Waals surface area (Å²) in [6.45, 7) is 0.938. The molecule has 1 aromatic heterocycles. The standard InChI is InChI=1S/C13H12ClFN6/c14-11-6-12(21-13(17)20-11)19-5-4-18-10-3-1-2-9(15)8(10)7-16/h1-3,6,18H,4-5H2,(H3,17,19,20,21). The van der Waals surface area contributed by atoms with Crippen LogP contribution in [0.4, 0.5) is 21.8 Å². The Morgan fingerprint density at radius 2 is 2.05 bits per heavy atom. The van der Waals surface area contributed by atoms with Crippen molar-refractivity contribution in [1.82, 2.24) is 9.97 Å². The molecule has 1 heterocycles. The van der Waals surface area contributed by atoms with Gasteiger partial charge in [-0.2, -0.15) is 10.2 Å². The third-order valence-electron chi connectivity index (χ3n) is 2.58. The van der Waals surface area contributed by atoms with Crippen molar-refractivity contribution in [2.24, 2.45) is 0 Å². The summed E-state index contributed by atoms with van der Waals surface area (Å²) >= 11 is 5.75. The average molecular weight is 307 g/mol. The summed E-state index contributed by atoms with van der Waals surface area (Å²) in [7, 11) is 0. The number of nitrogens with two attached hydrogens (primary N) is 1. The lowest BCUT2D eigenvalue weighted by atomic mass is 10.2. The molecule has 0 spiro atoms. The van der Waals surface area contributed by atoms with Gasteiger partial charge in [0.25, 0.3) is 0 Å². The number of aromatic nitrogens is 2. The fraction of sp³-hybridized carbons (Fsp3) is 0.154. The van der Waals surface area contributed by atoms with Crippen molar-refractivity contribution in [2.75, 3.05) is 29.5 Å². The van der Waals surface area contributed by atoms with E-state index in [2.05, 4.69) is 20.6 Å². The highest BCUT2D eigenvalue weighted by Crippen LogP contribution is 2.17. The maximum Gasteiger partial charge on any atom is 0.223 e. The van der Waals surface area contributed by atoms with Gasteiger partial charge < -0.3 is 16.4 Å². The first-order valence-corrected chi connectivity index (χ1v) is 6.44. The second-order valence-corrected chi connectivity index (χ2v) is 4.45. The highest BCUT2D eigenvalue weighted by Gasteiger charge is 2.06. The lowest BCUT2D eigenvalue weighted by molar-refractivity contribution is 0.624. The smallest absolute Gasteiger partial charge is 0.223 e. The Balaban J connectivity index is 1.91. The van der Waals surface area contributed by atoms with Crippen LogP contribution in [-0.2, 0) is 0 Å². The molecule has 108 valence electrons. The van der Waals surface area contributed by atoms with Gasteiger partial charge in [0.1, 0.15) is 28.4 Å². The number of anilines is 3. The van der Waals surface area contributed by atoms with Gasteiger partial charge in [0.15, 0.2) is 0 Å². The van der Waals surface area contributed by atoms with Crippen LogP contribution in [0.25, 0.3) is 0 Å². The van der Waals surface area contributed by atoms with Crippen LogP contribution >= 0.6 is 11.6 Å². The van der Waals surface area contributed by atoms with E-state index >= 15 is 0 Å². The van der Waals surface area contributed by atoms with Crippen molar-refractivity contribution in [3.8, 4) is 6.07 Å². The van der Waals surface area contributed by atoms with E-state index in [-0.39, 0.29) is 16.7 Å². The monoisotopic (exact) mass is 306 g/mol. The lowest BCUT2D eigenvalue weighted by Crippen LogP contribution is -2.15. The molecule has 0 amide bonds. The molecular formula is C13H12ClFN6. The minimum atomic E-state index is -0.550. The molecule has 4 N–H and O–H groups in total. The largest absolute Gasteiger partial charge is 0.382 e. The van der Waals surface area contributed by atoms with Crippen LogP contribution in [0.15, 0.2) is 24.3 Å². The topological polar surface area (TPSA) is 99.7 Å². The molecule has 6 nitrogen and oxygen atoms in total. The van der Waals surface area contributed by atoms with E-state index in [1.165, 1.54) is 12.1 Å². The Bertz CT molecular complexity index is 665. The molecule has 0 aliphatic carbocycles. The fourth-order valence-electron chi connectivity index (χ4n) is 1.70. The van der Waals surface area contributed by atoms with E-state index in [0.717, 1.165) is 0 Å². The summed E-state index contributed by atoms with van der Waals surface area (Å²) in [5, 5.41) is 15.1. The summed E-state index contributed by atoms with van der Waals surface area (Å²) < 4.78 is 13.4. The Hall–Kier alpha value is -2.59. The Morgan fingerprint density at radius 1 is 1.29 bits per heavy atom. The minimum Gasteiger partial charge on any atom is -0.382 e. The third kappa shape index (κ3) is 3.94. The van der Waals surface area contributed by atoms with Crippen molar-refractivity contribution in [3.63, 3.8) is 0 Å². The number of hydrogen-bond donors (Lipinski definition) is 3. The molecule has 8 heteroatoms. The van der Waals surface area contributed by atoms with Gasteiger partial charge >= 0.3 is 0 Å². The number of hydrogen-bond acceptors (Lipinski definition) is 6. The third-order valence-corrected chi connectivity index (χ3v) is 2.78. The van der Waals surface area contributed by atoms with Gasteiger partial charge in [-0.15, -0.1) is 0 Å². The zero-order chi connectivity index (χ0) is 15.2. The van der Waals surface area contributed by atoms with Crippen molar-refractivity contribution in [2.45, 2.75) is 0 Å². The number of nitrogens with zero attached hydrogens (tertiary/aromatic N) is 3. The van der Waals surface area contributed by atoms with Gasteiger partial charge in [-0.1, -0.05) is 17.7 Å².